The number of benzene rings is 2. The highest BCUT2D eigenvalue weighted by molar-refractivity contribution is 6.08. The summed E-state index contributed by atoms with van der Waals surface area (Å²) < 4.78 is 0. The summed E-state index contributed by atoms with van der Waals surface area (Å²) >= 11 is 0. The zero-order chi connectivity index (χ0) is 17.4. The van der Waals surface area contributed by atoms with Gasteiger partial charge in [0.05, 0.1) is 0 Å². The van der Waals surface area contributed by atoms with Gasteiger partial charge in [-0.15, -0.1) is 0 Å². The van der Waals surface area contributed by atoms with Gasteiger partial charge in [-0.25, -0.2) is 0 Å². The number of rotatable bonds is 5. The van der Waals surface area contributed by atoms with Crippen molar-refractivity contribution in [2.75, 3.05) is 5.32 Å². The Hall–Kier alpha value is -3.14. The van der Waals surface area contributed by atoms with E-state index in [1.54, 1.807) is 48.6 Å². The number of carbonyl (C=O) groups is 2. The van der Waals surface area contributed by atoms with Gasteiger partial charge in [0, 0.05) is 11.3 Å². The fourth-order valence-corrected chi connectivity index (χ4v) is 2.07. The lowest BCUT2D eigenvalue weighted by Crippen LogP contribution is -2.30. The number of aryl methyl sites for hydroxylation is 1. The minimum absolute atomic E-state index is 0.184. The molecule has 2 aromatic rings. The van der Waals surface area contributed by atoms with Gasteiger partial charge in [-0.1, -0.05) is 42.5 Å². The maximum Gasteiger partial charge on any atom is 0.272 e. The van der Waals surface area contributed by atoms with Crippen LogP contribution in [-0.2, 0) is 4.79 Å². The smallest absolute Gasteiger partial charge is 0.272 e. The second kappa shape index (κ2) is 8.48. The lowest BCUT2D eigenvalue weighted by Gasteiger charge is -2.11. The van der Waals surface area contributed by atoms with E-state index < -0.39 is 0 Å². The zero-order valence-corrected chi connectivity index (χ0v) is 13.7. The van der Waals surface area contributed by atoms with Crippen LogP contribution in [0.25, 0.3) is 0 Å². The van der Waals surface area contributed by atoms with E-state index in [9.17, 15) is 9.59 Å². The van der Waals surface area contributed by atoms with Crippen LogP contribution in [0.5, 0.6) is 0 Å². The standard InChI is InChI=1S/C20H20N2O2/c1-3-4-13-18(22-19(23)16-10-6-5-7-11-16)20(24)21-17-12-8-9-15(2)14-17/h3-14H,1-2H3,(H,21,24)(H,22,23)/b4-3+,18-13+. The molecular weight excluding hydrogens is 300 g/mol. The molecule has 0 aliphatic rings. The van der Waals surface area contributed by atoms with Gasteiger partial charge in [-0.2, -0.15) is 0 Å². The van der Waals surface area contributed by atoms with Gasteiger partial charge in [0.2, 0.25) is 0 Å². The predicted molar refractivity (Wildman–Crippen MR) is 96.6 cm³/mol. The maximum absolute atomic E-state index is 12.5. The molecule has 0 saturated carbocycles. The van der Waals surface area contributed by atoms with Crippen molar-refractivity contribution >= 4 is 17.5 Å². The van der Waals surface area contributed by atoms with Gasteiger partial charge in [0.15, 0.2) is 0 Å². The zero-order valence-electron chi connectivity index (χ0n) is 13.7. The van der Waals surface area contributed by atoms with Crippen molar-refractivity contribution in [2.24, 2.45) is 0 Å². The van der Waals surface area contributed by atoms with Crippen molar-refractivity contribution in [2.45, 2.75) is 13.8 Å². The van der Waals surface area contributed by atoms with Crippen LogP contribution < -0.4 is 10.6 Å². The third-order valence-corrected chi connectivity index (χ3v) is 3.26. The van der Waals surface area contributed by atoms with E-state index in [2.05, 4.69) is 10.6 Å². The molecule has 0 heterocycles. The fraction of sp³-hybridized carbons (Fsp3) is 0.100. The topological polar surface area (TPSA) is 58.2 Å². The molecule has 2 amide bonds. The highest BCUT2D eigenvalue weighted by Crippen LogP contribution is 2.11. The van der Waals surface area contributed by atoms with E-state index >= 15 is 0 Å². The number of allylic oxidation sites excluding steroid dienone is 3. The molecule has 24 heavy (non-hydrogen) atoms. The van der Waals surface area contributed by atoms with E-state index in [0.29, 0.717) is 11.3 Å². The predicted octanol–water partition coefficient (Wildman–Crippen LogP) is 3.82. The first-order valence-electron chi connectivity index (χ1n) is 7.67. The van der Waals surface area contributed by atoms with E-state index in [-0.39, 0.29) is 17.5 Å². The molecule has 0 aliphatic heterocycles. The molecule has 0 aliphatic carbocycles. The van der Waals surface area contributed by atoms with Crippen molar-refractivity contribution in [3.05, 3.63) is 89.6 Å². The van der Waals surface area contributed by atoms with Gasteiger partial charge in [0.25, 0.3) is 11.8 Å². The molecule has 0 atom stereocenters. The summed E-state index contributed by atoms with van der Waals surface area (Å²) in [6, 6.07) is 16.3. The summed E-state index contributed by atoms with van der Waals surface area (Å²) in [6.45, 7) is 3.79. The van der Waals surface area contributed by atoms with Crippen LogP contribution in [0.4, 0.5) is 5.69 Å². The summed E-state index contributed by atoms with van der Waals surface area (Å²) in [4.78, 5) is 24.7. The number of hydrogen-bond donors (Lipinski definition) is 2. The molecule has 0 fully saturated rings. The summed E-state index contributed by atoms with van der Waals surface area (Å²) in [5.41, 5.74) is 2.40. The normalized spacial score (nSPS) is 11.3. The first-order chi connectivity index (χ1) is 11.6. The Morgan fingerprint density at radius 3 is 2.42 bits per heavy atom. The van der Waals surface area contributed by atoms with Crippen molar-refractivity contribution in [3.63, 3.8) is 0 Å². The van der Waals surface area contributed by atoms with Crippen molar-refractivity contribution in [1.29, 1.82) is 0 Å². The molecule has 0 unspecified atom stereocenters. The molecule has 4 heteroatoms. The minimum Gasteiger partial charge on any atom is -0.321 e. The highest BCUT2D eigenvalue weighted by Gasteiger charge is 2.14. The molecule has 4 nitrogen and oxygen atoms in total. The van der Waals surface area contributed by atoms with Crippen LogP contribution in [0.15, 0.2) is 78.5 Å². The highest BCUT2D eigenvalue weighted by atomic mass is 16.2. The number of amides is 2. The monoisotopic (exact) mass is 320 g/mol. The van der Waals surface area contributed by atoms with Gasteiger partial charge < -0.3 is 10.6 Å². The van der Waals surface area contributed by atoms with Crippen molar-refractivity contribution in [1.82, 2.24) is 5.32 Å². The SMILES string of the molecule is C/C=C/C=C(/NC(=O)c1ccccc1)C(=O)Nc1cccc(C)c1. The number of anilines is 1. The van der Waals surface area contributed by atoms with Crippen LogP contribution >= 0.6 is 0 Å². The summed E-state index contributed by atoms with van der Waals surface area (Å²) in [7, 11) is 0. The van der Waals surface area contributed by atoms with Crippen LogP contribution in [0.1, 0.15) is 22.8 Å². The molecular formula is C20H20N2O2. The number of hydrogen-bond acceptors (Lipinski definition) is 2. The van der Waals surface area contributed by atoms with Gasteiger partial charge in [-0.3, -0.25) is 9.59 Å². The number of nitrogens with one attached hydrogen (secondary N) is 2. The maximum atomic E-state index is 12.5. The first kappa shape index (κ1) is 17.2. The number of carbonyl (C=O) groups excluding carboxylic acids is 2. The second-order valence-corrected chi connectivity index (χ2v) is 5.25. The Balaban J connectivity index is 2.16. The van der Waals surface area contributed by atoms with Crippen molar-refractivity contribution in [3.8, 4) is 0 Å². The van der Waals surface area contributed by atoms with Gasteiger partial charge in [0.1, 0.15) is 5.70 Å². The quantitative estimate of drug-likeness (QED) is 0.650. The second-order valence-electron chi connectivity index (χ2n) is 5.25. The molecule has 0 aromatic heterocycles. The van der Waals surface area contributed by atoms with Crippen molar-refractivity contribution < 1.29 is 9.59 Å². The Morgan fingerprint density at radius 1 is 1.00 bits per heavy atom. The molecule has 0 radical (unpaired) electrons. The van der Waals surface area contributed by atoms with Gasteiger partial charge in [-0.05, 0) is 49.8 Å². The van der Waals surface area contributed by atoms with Gasteiger partial charge >= 0.3 is 0 Å². The van der Waals surface area contributed by atoms with Crippen LogP contribution in [-0.4, -0.2) is 11.8 Å². The third kappa shape index (κ3) is 4.95. The van der Waals surface area contributed by atoms with Crippen LogP contribution in [0, 0.1) is 6.92 Å². The lowest BCUT2D eigenvalue weighted by atomic mass is 10.2. The Labute approximate surface area is 141 Å². The van der Waals surface area contributed by atoms with E-state index in [4.69, 9.17) is 0 Å². The average Bonchev–Trinajstić information content (AvgIpc) is 2.59. The van der Waals surface area contributed by atoms with Crippen LogP contribution in [0.3, 0.4) is 0 Å². The minimum atomic E-state index is -0.372. The summed E-state index contributed by atoms with van der Waals surface area (Å²) in [5, 5.41) is 5.45. The summed E-state index contributed by atoms with van der Waals surface area (Å²) in [5.74, 6) is -0.700. The largest absolute Gasteiger partial charge is 0.321 e. The van der Waals surface area contributed by atoms with Crippen LogP contribution in [0.2, 0.25) is 0 Å². The van der Waals surface area contributed by atoms with E-state index in [0.717, 1.165) is 5.56 Å². The first-order valence-corrected chi connectivity index (χ1v) is 7.67. The Bertz CT molecular complexity index is 777. The third-order valence-electron chi connectivity index (χ3n) is 3.26. The molecule has 0 saturated heterocycles. The molecule has 122 valence electrons. The molecule has 0 spiro atoms. The lowest BCUT2D eigenvalue weighted by molar-refractivity contribution is -0.113. The summed E-state index contributed by atoms with van der Waals surface area (Å²) in [6.07, 6.45) is 5.07. The van der Waals surface area contributed by atoms with E-state index in [1.165, 1.54) is 0 Å². The molecule has 0 bridgehead atoms. The molecule has 2 aromatic carbocycles. The molecule has 2 N–H and O–H groups in total. The average molecular weight is 320 g/mol. The van der Waals surface area contributed by atoms with E-state index in [1.807, 2.05) is 38.1 Å². The Morgan fingerprint density at radius 2 is 1.75 bits per heavy atom. The fourth-order valence-electron chi connectivity index (χ4n) is 2.07. The molecule has 2 rings (SSSR count). The Kier molecular flexibility index (Phi) is 6.08.